The van der Waals surface area contributed by atoms with Gasteiger partial charge in [-0.05, 0) is 30.9 Å². The van der Waals surface area contributed by atoms with Crippen molar-refractivity contribution < 1.29 is 19.1 Å². The van der Waals surface area contributed by atoms with E-state index in [4.69, 9.17) is 9.52 Å². The summed E-state index contributed by atoms with van der Waals surface area (Å²) in [7, 11) is 0. The van der Waals surface area contributed by atoms with Gasteiger partial charge in [-0.1, -0.05) is 0 Å². The molecule has 0 spiro atoms. The van der Waals surface area contributed by atoms with Crippen LogP contribution >= 0.6 is 11.3 Å². The third-order valence-corrected chi connectivity index (χ3v) is 4.21. The first-order valence-electron chi connectivity index (χ1n) is 6.64. The number of hydrogen-bond donors (Lipinski definition) is 2. The SMILES string of the molecule is O=C(Cc1csc(-c2ccco2)n1)NC(C(=O)O)C1CC1. The molecule has 110 valence electrons. The number of rotatable bonds is 6. The van der Waals surface area contributed by atoms with Gasteiger partial charge >= 0.3 is 5.97 Å². The van der Waals surface area contributed by atoms with Gasteiger partial charge in [0.1, 0.15) is 6.04 Å². The predicted octanol–water partition coefficient (Wildman–Crippen LogP) is 1.92. The van der Waals surface area contributed by atoms with Crippen molar-refractivity contribution in [1.82, 2.24) is 10.3 Å². The lowest BCUT2D eigenvalue weighted by atomic mass is 10.2. The molecule has 1 aliphatic rings. The van der Waals surface area contributed by atoms with Gasteiger partial charge in [-0.25, -0.2) is 9.78 Å². The number of hydrogen-bond acceptors (Lipinski definition) is 5. The lowest BCUT2D eigenvalue weighted by Crippen LogP contribution is -2.43. The van der Waals surface area contributed by atoms with E-state index in [0.717, 1.165) is 12.8 Å². The summed E-state index contributed by atoms with van der Waals surface area (Å²) < 4.78 is 5.24. The minimum Gasteiger partial charge on any atom is -0.480 e. The van der Waals surface area contributed by atoms with Crippen LogP contribution in [0.4, 0.5) is 0 Å². The number of carboxylic acid groups (broad SMARTS) is 1. The van der Waals surface area contributed by atoms with Crippen molar-refractivity contribution in [3.05, 3.63) is 29.5 Å². The molecule has 0 aromatic carbocycles. The van der Waals surface area contributed by atoms with Crippen molar-refractivity contribution in [2.24, 2.45) is 5.92 Å². The number of amides is 1. The molecule has 1 aliphatic carbocycles. The topological polar surface area (TPSA) is 92.4 Å². The Hall–Kier alpha value is -2.15. The van der Waals surface area contributed by atoms with Gasteiger partial charge < -0.3 is 14.8 Å². The van der Waals surface area contributed by atoms with Crippen LogP contribution in [0, 0.1) is 5.92 Å². The van der Waals surface area contributed by atoms with Gasteiger partial charge in [-0.2, -0.15) is 0 Å². The molecular weight excluding hydrogens is 292 g/mol. The Morgan fingerprint density at radius 3 is 2.95 bits per heavy atom. The lowest BCUT2D eigenvalue weighted by Gasteiger charge is -2.12. The number of aromatic nitrogens is 1. The third kappa shape index (κ3) is 3.30. The van der Waals surface area contributed by atoms with Crippen molar-refractivity contribution in [2.75, 3.05) is 0 Å². The Labute approximate surface area is 124 Å². The monoisotopic (exact) mass is 306 g/mol. The fourth-order valence-electron chi connectivity index (χ4n) is 2.10. The average Bonchev–Trinajstić information content (AvgIpc) is 2.94. The van der Waals surface area contributed by atoms with Crippen LogP contribution in [0.5, 0.6) is 0 Å². The van der Waals surface area contributed by atoms with Crippen LogP contribution in [0.25, 0.3) is 10.8 Å². The minimum atomic E-state index is -0.972. The lowest BCUT2D eigenvalue weighted by molar-refractivity contribution is -0.142. The van der Waals surface area contributed by atoms with Gasteiger partial charge in [0.25, 0.3) is 0 Å². The highest BCUT2D eigenvalue weighted by atomic mass is 32.1. The second kappa shape index (κ2) is 5.69. The highest BCUT2D eigenvalue weighted by molar-refractivity contribution is 7.13. The number of nitrogens with zero attached hydrogens (tertiary/aromatic N) is 1. The summed E-state index contributed by atoms with van der Waals surface area (Å²) in [5, 5.41) is 14.2. The molecule has 0 bridgehead atoms. The molecule has 0 radical (unpaired) electrons. The van der Waals surface area contributed by atoms with Gasteiger partial charge in [-0.3, -0.25) is 4.79 Å². The Kier molecular flexibility index (Phi) is 3.74. The molecule has 2 N–H and O–H groups in total. The van der Waals surface area contributed by atoms with E-state index in [9.17, 15) is 9.59 Å². The number of furan rings is 1. The Morgan fingerprint density at radius 2 is 2.33 bits per heavy atom. The number of nitrogens with one attached hydrogen (secondary N) is 1. The molecule has 1 amide bonds. The van der Waals surface area contributed by atoms with Crippen LogP contribution < -0.4 is 5.32 Å². The summed E-state index contributed by atoms with van der Waals surface area (Å²) in [5.74, 6) is -0.556. The van der Waals surface area contributed by atoms with E-state index < -0.39 is 12.0 Å². The molecule has 2 aromatic rings. The number of carboxylic acids is 1. The Morgan fingerprint density at radius 1 is 1.52 bits per heavy atom. The first-order valence-corrected chi connectivity index (χ1v) is 7.52. The van der Waals surface area contributed by atoms with Gasteiger partial charge in [0.15, 0.2) is 10.8 Å². The van der Waals surface area contributed by atoms with Crippen LogP contribution in [0.15, 0.2) is 28.2 Å². The Bertz CT molecular complexity index is 646. The maximum absolute atomic E-state index is 11.9. The molecule has 1 unspecified atom stereocenters. The van der Waals surface area contributed by atoms with Crippen LogP contribution in [0.2, 0.25) is 0 Å². The molecule has 1 saturated carbocycles. The van der Waals surface area contributed by atoms with Gasteiger partial charge in [0, 0.05) is 5.38 Å². The summed E-state index contributed by atoms with van der Waals surface area (Å²) in [6, 6.07) is 2.80. The largest absolute Gasteiger partial charge is 0.480 e. The van der Waals surface area contributed by atoms with E-state index >= 15 is 0 Å². The van der Waals surface area contributed by atoms with E-state index in [1.54, 1.807) is 23.8 Å². The van der Waals surface area contributed by atoms with E-state index in [2.05, 4.69) is 10.3 Å². The first kappa shape index (κ1) is 13.8. The van der Waals surface area contributed by atoms with E-state index in [0.29, 0.717) is 16.5 Å². The van der Waals surface area contributed by atoms with Crippen LogP contribution in [0.1, 0.15) is 18.5 Å². The summed E-state index contributed by atoms with van der Waals surface area (Å²) in [4.78, 5) is 27.3. The van der Waals surface area contributed by atoms with Gasteiger partial charge in [-0.15, -0.1) is 11.3 Å². The van der Waals surface area contributed by atoms with Crippen LogP contribution in [-0.4, -0.2) is 28.0 Å². The molecule has 2 aromatic heterocycles. The number of thiazole rings is 1. The second-order valence-electron chi connectivity index (χ2n) is 5.02. The van der Waals surface area contributed by atoms with E-state index in [1.807, 2.05) is 0 Å². The molecular formula is C14H14N2O4S. The maximum atomic E-state index is 11.9. The average molecular weight is 306 g/mol. The van der Waals surface area contributed by atoms with E-state index in [1.165, 1.54) is 11.3 Å². The highest BCUT2D eigenvalue weighted by Crippen LogP contribution is 2.32. The number of carbonyl (C=O) groups excluding carboxylic acids is 1. The Balaban J connectivity index is 1.61. The van der Waals surface area contributed by atoms with Gasteiger partial charge in [0.2, 0.25) is 5.91 Å². The normalized spacial score (nSPS) is 15.6. The predicted molar refractivity (Wildman–Crippen MR) is 75.8 cm³/mol. The van der Waals surface area contributed by atoms with Crippen molar-refractivity contribution in [3.63, 3.8) is 0 Å². The molecule has 0 saturated heterocycles. The third-order valence-electron chi connectivity index (χ3n) is 3.30. The molecule has 3 rings (SSSR count). The molecule has 2 heterocycles. The highest BCUT2D eigenvalue weighted by Gasteiger charge is 2.37. The van der Waals surface area contributed by atoms with Crippen molar-refractivity contribution in [2.45, 2.75) is 25.3 Å². The summed E-state index contributed by atoms with van der Waals surface area (Å²) in [6.07, 6.45) is 3.36. The standard InChI is InChI=1S/C14H14N2O4S/c17-11(16-12(14(18)19)8-3-4-8)6-9-7-21-13(15-9)10-2-1-5-20-10/h1-2,5,7-8,12H,3-4,6H2,(H,16,17)(H,18,19). The van der Waals surface area contributed by atoms with Crippen LogP contribution in [0.3, 0.4) is 0 Å². The minimum absolute atomic E-state index is 0.0700. The van der Waals surface area contributed by atoms with Crippen LogP contribution in [-0.2, 0) is 16.0 Å². The van der Waals surface area contributed by atoms with Crippen molar-refractivity contribution in [1.29, 1.82) is 0 Å². The number of aliphatic carboxylic acids is 1. The molecule has 21 heavy (non-hydrogen) atoms. The molecule has 6 nitrogen and oxygen atoms in total. The van der Waals surface area contributed by atoms with Crippen molar-refractivity contribution in [3.8, 4) is 10.8 Å². The maximum Gasteiger partial charge on any atom is 0.326 e. The quantitative estimate of drug-likeness (QED) is 0.850. The molecule has 1 fully saturated rings. The summed E-state index contributed by atoms with van der Waals surface area (Å²) in [5.41, 5.74) is 0.615. The molecule has 0 aliphatic heterocycles. The van der Waals surface area contributed by atoms with Gasteiger partial charge in [0.05, 0.1) is 18.4 Å². The zero-order valence-electron chi connectivity index (χ0n) is 11.1. The zero-order chi connectivity index (χ0) is 14.8. The summed E-state index contributed by atoms with van der Waals surface area (Å²) in [6.45, 7) is 0. The smallest absolute Gasteiger partial charge is 0.326 e. The molecule has 7 heteroatoms. The summed E-state index contributed by atoms with van der Waals surface area (Å²) >= 11 is 1.39. The zero-order valence-corrected chi connectivity index (χ0v) is 11.9. The number of carbonyl (C=O) groups is 2. The van der Waals surface area contributed by atoms with E-state index in [-0.39, 0.29) is 18.2 Å². The molecule has 1 atom stereocenters. The first-order chi connectivity index (χ1) is 10.1. The fraction of sp³-hybridized carbons (Fsp3) is 0.357. The van der Waals surface area contributed by atoms with Crippen molar-refractivity contribution >= 4 is 23.2 Å². The second-order valence-corrected chi connectivity index (χ2v) is 5.88. The fourth-order valence-corrected chi connectivity index (χ4v) is 2.89.